The van der Waals surface area contributed by atoms with Gasteiger partial charge in [0, 0.05) is 64.1 Å². The Labute approximate surface area is 302 Å². The van der Waals surface area contributed by atoms with Crippen LogP contribution in [0.4, 0.5) is 0 Å². The fourth-order valence-corrected chi connectivity index (χ4v) is 8.46. The van der Waals surface area contributed by atoms with Crippen molar-refractivity contribution in [1.29, 1.82) is 0 Å². The molecule has 0 atom stereocenters. The van der Waals surface area contributed by atoms with Gasteiger partial charge in [-0.05, 0) is 67.1 Å². The van der Waals surface area contributed by atoms with E-state index in [0.29, 0.717) is 17.5 Å². The first-order chi connectivity index (χ1) is 25.7. The van der Waals surface area contributed by atoms with E-state index in [-0.39, 0.29) is 0 Å². The number of thiophene rings is 1. The summed E-state index contributed by atoms with van der Waals surface area (Å²) in [5, 5.41) is 5.42. The third kappa shape index (κ3) is 4.72. The van der Waals surface area contributed by atoms with Crippen molar-refractivity contribution in [3.8, 4) is 45.3 Å². The van der Waals surface area contributed by atoms with E-state index >= 15 is 0 Å². The van der Waals surface area contributed by atoms with Crippen LogP contribution in [0.5, 0.6) is 0 Å². The number of hydrogen-bond acceptors (Lipinski definition) is 6. The second kappa shape index (κ2) is 12.0. The lowest BCUT2D eigenvalue weighted by molar-refractivity contribution is 0.603. The average molecular weight is 688 g/mol. The largest absolute Gasteiger partial charge is 0.456 e. The summed E-state index contributed by atoms with van der Waals surface area (Å²) in [6, 6.07) is 43.8. The van der Waals surface area contributed by atoms with Crippen LogP contribution in [0, 0.1) is 0 Å². The molecule has 0 amide bonds. The fraction of sp³-hybridized carbons (Fsp3) is 0.0217. The Hall–Kier alpha value is -6.63. The molecule has 6 heteroatoms. The zero-order valence-corrected chi connectivity index (χ0v) is 28.9. The van der Waals surface area contributed by atoms with E-state index in [1.807, 2.05) is 85.0 Å². The first kappa shape index (κ1) is 30.2. The van der Waals surface area contributed by atoms with Crippen LogP contribution in [0.25, 0.3) is 111 Å². The van der Waals surface area contributed by atoms with E-state index in [1.54, 1.807) is 6.08 Å². The van der Waals surface area contributed by atoms with Gasteiger partial charge < -0.3 is 8.83 Å². The average Bonchev–Trinajstić information content (AvgIpc) is 3.89. The number of para-hydroxylation sites is 1. The minimum absolute atomic E-state index is 0.568. The van der Waals surface area contributed by atoms with E-state index < -0.39 is 0 Å². The Kier molecular flexibility index (Phi) is 6.98. The van der Waals surface area contributed by atoms with E-state index in [4.69, 9.17) is 23.8 Å². The lowest BCUT2D eigenvalue weighted by Crippen LogP contribution is -2.00. The van der Waals surface area contributed by atoms with Crippen LogP contribution in [-0.2, 0) is 0 Å². The SMILES string of the molecule is C=Cc1oc2ccc(-c3nc(-c4ccccc4)nc(-c4ccc(-c5cccc6sc7ccccc7c56)c5oc6ccccc6c45)n3)cc2c1/C=C\C. The van der Waals surface area contributed by atoms with Gasteiger partial charge in [-0.25, -0.2) is 15.0 Å². The molecule has 0 spiro atoms. The van der Waals surface area contributed by atoms with Gasteiger partial charge in [-0.3, -0.25) is 0 Å². The van der Waals surface area contributed by atoms with Gasteiger partial charge in [0.1, 0.15) is 22.5 Å². The second-order valence-corrected chi connectivity index (χ2v) is 13.8. The number of aromatic nitrogens is 3. The van der Waals surface area contributed by atoms with E-state index in [0.717, 1.165) is 72.0 Å². The molecule has 0 unspecified atom stereocenters. The molecule has 0 fully saturated rings. The third-order valence-corrected chi connectivity index (χ3v) is 10.8. The Bertz CT molecular complexity index is 3060. The molecule has 5 nitrogen and oxygen atoms in total. The summed E-state index contributed by atoms with van der Waals surface area (Å²) in [5.74, 6) is 2.46. The van der Waals surface area contributed by atoms with Crippen molar-refractivity contribution in [2.75, 3.05) is 0 Å². The summed E-state index contributed by atoms with van der Waals surface area (Å²) in [6.45, 7) is 5.96. The molecule has 0 saturated heterocycles. The van der Waals surface area contributed by atoms with Crippen LogP contribution < -0.4 is 0 Å². The van der Waals surface area contributed by atoms with Crippen LogP contribution in [0.1, 0.15) is 18.2 Å². The highest BCUT2D eigenvalue weighted by atomic mass is 32.1. The summed E-state index contributed by atoms with van der Waals surface area (Å²) in [7, 11) is 0. The minimum Gasteiger partial charge on any atom is -0.456 e. The smallest absolute Gasteiger partial charge is 0.164 e. The van der Waals surface area contributed by atoms with Crippen LogP contribution in [0.2, 0.25) is 0 Å². The topological polar surface area (TPSA) is 65.0 Å². The lowest BCUT2D eigenvalue weighted by Gasteiger charge is -2.11. The molecule has 0 aliphatic carbocycles. The van der Waals surface area contributed by atoms with Gasteiger partial charge in [-0.2, -0.15) is 0 Å². The molecule has 0 aliphatic heterocycles. The van der Waals surface area contributed by atoms with Gasteiger partial charge in [0.05, 0.1) is 0 Å². The third-order valence-electron chi connectivity index (χ3n) is 9.66. The number of benzene rings is 6. The molecule has 6 aromatic carbocycles. The maximum absolute atomic E-state index is 6.77. The van der Waals surface area contributed by atoms with Crippen LogP contribution >= 0.6 is 11.3 Å². The first-order valence-electron chi connectivity index (χ1n) is 17.2. The second-order valence-electron chi connectivity index (χ2n) is 12.7. The molecule has 0 bridgehead atoms. The number of hydrogen-bond donors (Lipinski definition) is 0. The molecule has 246 valence electrons. The normalized spacial score (nSPS) is 11.9. The molecule has 0 saturated carbocycles. The van der Waals surface area contributed by atoms with Crippen LogP contribution in [0.3, 0.4) is 0 Å². The molecule has 10 rings (SSSR count). The number of fused-ring (bicyclic) bond motifs is 7. The van der Waals surface area contributed by atoms with Crippen LogP contribution in [-0.4, -0.2) is 15.0 Å². The zero-order valence-electron chi connectivity index (χ0n) is 28.1. The molecule has 0 aliphatic rings. The predicted molar refractivity (Wildman–Crippen MR) is 216 cm³/mol. The molecule has 4 heterocycles. The Morgan fingerprint density at radius 2 is 1.27 bits per heavy atom. The molecule has 0 N–H and O–H groups in total. The Balaban J connectivity index is 1.24. The van der Waals surface area contributed by atoms with Gasteiger partial charge >= 0.3 is 0 Å². The summed E-state index contributed by atoms with van der Waals surface area (Å²) in [4.78, 5) is 15.4. The highest BCUT2D eigenvalue weighted by Gasteiger charge is 2.22. The highest BCUT2D eigenvalue weighted by Crippen LogP contribution is 2.46. The molecular weight excluding hydrogens is 659 g/mol. The molecule has 0 radical (unpaired) electrons. The molecule has 10 aromatic rings. The number of nitrogens with zero attached hydrogens (tertiary/aromatic N) is 3. The van der Waals surface area contributed by atoms with Gasteiger partial charge in [0.2, 0.25) is 0 Å². The highest BCUT2D eigenvalue weighted by molar-refractivity contribution is 7.25. The van der Waals surface area contributed by atoms with Crippen molar-refractivity contribution < 1.29 is 8.83 Å². The van der Waals surface area contributed by atoms with Crippen molar-refractivity contribution in [3.05, 3.63) is 151 Å². The fourth-order valence-electron chi connectivity index (χ4n) is 7.33. The first-order valence-corrected chi connectivity index (χ1v) is 18.0. The van der Waals surface area contributed by atoms with Crippen molar-refractivity contribution in [2.45, 2.75) is 6.92 Å². The minimum atomic E-state index is 0.568. The molecule has 4 aromatic heterocycles. The summed E-state index contributed by atoms with van der Waals surface area (Å²) < 4.78 is 15.4. The van der Waals surface area contributed by atoms with Gasteiger partial charge in [-0.1, -0.05) is 97.6 Å². The van der Waals surface area contributed by atoms with Crippen molar-refractivity contribution >= 4 is 76.6 Å². The van der Waals surface area contributed by atoms with E-state index in [1.165, 1.54) is 20.2 Å². The van der Waals surface area contributed by atoms with E-state index in [9.17, 15) is 0 Å². The number of furan rings is 2. The maximum Gasteiger partial charge on any atom is 0.164 e. The summed E-state index contributed by atoms with van der Waals surface area (Å²) in [5.41, 5.74) is 8.17. The molecule has 52 heavy (non-hydrogen) atoms. The summed E-state index contributed by atoms with van der Waals surface area (Å²) in [6.07, 6.45) is 5.79. The summed E-state index contributed by atoms with van der Waals surface area (Å²) >= 11 is 1.81. The van der Waals surface area contributed by atoms with Crippen LogP contribution in [0.15, 0.2) is 149 Å². The maximum atomic E-state index is 6.77. The lowest BCUT2D eigenvalue weighted by atomic mass is 9.95. The zero-order chi connectivity index (χ0) is 34.8. The standard InChI is InChI=1S/C46H29N3O2S/c1-3-13-29-35-26-28(22-25-38(35)50-36(29)4-2)45-47-44(27-14-6-5-7-15-27)48-46(49-45)34-24-23-31(43-42(34)32-16-8-10-19-37(32)51-43)30-18-12-21-40-41(30)33-17-9-11-20-39(33)52-40/h3-26H,2H2,1H3/b13-3-. The van der Waals surface area contributed by atoms with Crippen molar-refractivity contribution in [3.63, 3.8) is 0 Å². The number of allylic oxidation sites excluding steroid dienone is 1. The Morgan fingerprint density at radius 3 is 2.12 bits per heavy atom. The van der Waals surface area contributed by atoms with Crippen molar-refractivity contribution in [1.82, 2.24) is 15.0 Å². The predicted octanol–water partition coefficient (Wildman–Crippen LogP) is 13.2. The van der Waals surface area contributed by atoms with Gasteiger partial charge in [-0.15, -0.1) is 11.3 Å². The van der Waals surface area contributed by atoms with Crippen molar-refractivity contribution in [2.24, 2.45) is 0 Å². The Morgan fingerprint density at radius 1 is 0.558 bits per heavy atom. The molecular formula is C46H29N3O2S. The number of rotatable bonds is 6. The quantitative estimate of drug-likeness (QED) is 0.174. The van der Waals surface area contributed by atoms with Gasteiger partial charge in [0.25, 0.3) is 0 Å². The van der Waals surface area contributed by atoms with E-state index in [2.05, 4.69) is 79.4 Å². The van der Waals surface area contributed by atoms with Gasteiger partial charge in [0.15, 0.2) is 17.5 Å². The monoisotopic (exact) mass is 687 g/mol.